The van der Waals surface area contributed by atoms with E-state index in [1.165, 1.54) is 0 Å². The molecule has 0 fully saturated rings. The van der Waals surface area contributed by atoms with Gasteiger partial charge in [0.15, 0.2) is 0 Å². The molecule has 1 atom stereocenters. The molecule has 0 bridgehead atoms. The number of hydrogen-bond acceptors (Lipinski definition) is 2. The Balaban J connectivity index is 2.30. The second kappa shape index (κ2) is 6.11. The average Bonchev–Trinajstić information content (AvgIpc) is 2.59. The van der Waals surface area contributed by atoms with Crippen LogP contribution in [0.3, 0.4) is 0 Å². The third kappa shape index (κ3) is 3.32. The van der Waals surface area contributed by atoms with Gasteiger partial charge >= 0.3 is 0 Å². The number of aliphatic hydroxyl groups is 1. The largest absolute Gasteiger partial charge is 0.388 e. The average molecular weight is 456 g/mol. The van der Waals surface area contributed by atoms with Crippen molar-refractivity contribution in [3.8, 4) is 0 Å². The maximum absolute atomic E-state index is 10.4. The summed E-state index contributed by atoms with van der Waals surface area (Å²) >= 11 is 11.9. The van der Waals surface area contributed by atoms with Crippen LogP contribution >= 0.6 is 50.1 Å². The minimum absolute atomic E-state index is 0.456. The molecule has 6 heteroatoms. The van der Waals surface area contributed by atoms with Crippen molar-refractivity contribution in [2.24, 2.45) is 7.05 Å². The van der Waals surface area contributed by atoms with Gasteiger partial charge in [-0.05, 0) is 53.3 Å². The molecular formula is C13H13BrClIN2O. The lowest BCUT2D eigenvalue weighted by Crippen LogP contribution is -2.04. The second-order valence-corrected chi connectivity index (χ2v) is 6.82. The molecule has 0 saturated carbocycles. The number of hydrogen-bond donors (Lipinski definition) is 1. The van der Waals surface area contributed by atoms with Crippen LogP contribution < -0.4 is 0 Å². The van der Waals surface area contributed by atoms with Crippen molar-refractivity contribution in [3.05, 3.63) is 48.2 Å². The third-order valence-corrected chi connectivity index (χ3v) is 4.85. The zero-order valence-electron chi connectivity index (χ0n) is 10.5. The van der Waals surface area contributed by atoms with Gasteiger partial charge in [0.2, 0.25) is 0 Å². The Kier molecular flexibility index (Phi) is 4.92. The van der Waals surface area contributed by atoms with Crippen molar-refractivity contribution >= 4 is 50.1 Å². The number of rotatable bonds is 3. The molecule has 0 saturated heterocycles. The summed E-state index contributed by atoms with van der Waals surface area (Å²) in [6.45, 7) is 1.90. The van der Waals surface area contributed by atoms with Crippen LogP contribution in [0, 0.1) is 10.5 Å². The minimum Gasteiger partial charge on any atom is -0.388 e. The molecule has 1 aromatic carbocycles. The van der Waals surface area contributed by atoms with Crippen LogP contribution in [0.1, 0.15) is 22.9 Å². The predicted octanol–water partition coefficient (Wildman–Crippen LogP) is 4.03. The fraction of sp³-hybridized carbons (Fsp3) is 0.308. The van der Waals surface area contributed by atoms with E-state index in [0.717, 1.165) is 24.9 Å². The summed E-state index contributed by atoms with van der Waals surface area (Å²) in [5.41, 5.74) is 2.61. The number of aryl methyl sites for hydroxylation is 2. The van der Waals surface area contributed by atoms with Gasteiger partial charge in [0.1, 0.15) is 5.15 Å². The number of benzene rings is 1. The lowest BCUT2D eigenvalue weighted by Gasteiger charge is -2.13. The van der Waals surface area contributed by atoms with Crippen LogP contribution in [0.5, 0.6) is 0 Å². The molecular weight excluding hydrogens is 442 g/mol. The highest BCUT2D eigenvalue weighted by Gasteiger charge is 2.18. The van der Waals surface area contributed by atoms with Crippen molar-refractivity contribution < 1.29 is 5.11 Å². The number of halogens is 3. The number of aliphatic hydroxyl groups excluding tert-OH is 1. The Labute approximate surface area is 139 Å². The molecule has 0 spiro atoms. The van der Waals surface area contributed by atoms with Crippen LogP contribution in [0.15, 0.2) is 22.7 Å². The van der Waals surface area contributed by atoms with Crippen LogP contribution in [0.2, 0.25) is 5.15 Å². The van der Waals surface area contributed by atoms with E-state index in [1.807, 2.05) is 25.1 Å². The molecule has 1 N–H and O–H groups in total. The summed E-state index contributed by atoms with van der Waals surface area (Å²) in [4.78, 5) is 0. The Morgan fingerprint density at radius 1 is 1.53 bits per heavy atom. The Morgan fingerprint density at radius 2 is 2.21 bits per heavy atom. The monoisotopic (exact) mass is 454 g/mol. The lowest BCUT2D eigenvalue weighted by atomic mass is 10.0. The highest BCUT2D eigenvalue weighted by Crippen LogP contribution is 2.30. The first kappa shape index (κ1) is 15.3. The van der Waals surface area contributed by atoms with Crippen molar-refractivity contribution in [1.82, 2.24) is 9.78 Å². The van der Waals surface area contributed by atoms with Crippen molar-refractivity contribution in [3.63, 3.8) is 0 Å². The van der Waals surface area contributed by atoms with E-state index in [4.69, 9.17) is 11.6 Å². The smallest absolute Gasteiger partial charge is 0.130 e. The third-order valence-electron chi connectivity index (χ3n) is 2.98. The van der Waals surface area contributed by atoms with Crippen molar-refractivity contribution in [2.45, 2.75) is 19.4 Å². The molecule has 0 radical (unpaired) electrons. The van der Waals surface area contributed by atoms with E-state index < -0.39 is 6.10 Å². The molecule has 2 aromatic rings. The van der Waals surface area contributed by atoms with Gasteiger partial charge in [-0.25, -0.2) is 0 Å². The normalized spacial score (nSPS) is 12.7. The molecule has 3 nitrogen and oxygen atoms in total. The van der Waals surface area contributed by atoms with E-state index in [-0.39, 0.29) is 0 Å². The lowest BCUT2D eigenvalue weighted by molar-refractivity contribution is 0.177. The summed E-state index contributed by atoms with van der Waals surface area (Å²) in [6.07, 6.45) is -0.151. The zero-order chi connectivity index (χ0) is 14.2. The van der Waals surface area contributed by atoms with E-state index in [0.29, 0.717) is 11.6 Å². The first-order valence-electron chi connectivity index (χ1n) is 5.71. The molecule has 102 valence electrons. The van der Waals surface area contributed by atoms with Gasteiger partial charge in [-0.15, -0.1) is 0 Å². The highest BCUT2D eigenvalue weighted by molar-refractivity contribution is 14.1. The fourth-order valence-electron chi connectivity index (χ4n) is 1.98. The summed E-state index contributed by atoms with van der Waals surface area (Å²) < 4.78 is 3.62. The summed E-state index contributed by atoms with van der Waals surface area (Å²) in [5, 5.41) is 15.2. The van der Waals surface area contributed by atoms with Crippen LogP contribution in [-0.2, 0) is 13.5 Å². The molecule has 0 aliphatic carbocycles. The number of aromatic nitrogens is 2. The van der Waals surface area contributed by atoms with Gasteiger partial charge in [0.05, 0.1) is 11.8 Å². The van der Waals surface area contributed by atoms with Crippen LogP contribution in [0.4, 0.5) is 0 Å². The fourth-order valence-corrected chi connectivity index (χ4v) is 3.26. The molecule has 1 heterocycles. The first-order valence-corrected chi connectivity index (χ1v) is 7.96. The van der Waals surface area contributed by atoms with E-state index in [1.54, 1.807) is 11.7 Å². The summed E-state index contributed by atoms with van der Waals surface area (Å²) in [7, 11) is 1.80. The standard InChI is InChI=1S/C13H13BrClIN2O/c1-7-9(13(15)18(2)17-7)6-12(19)10-5-8(16)3-4-11(10)14/h3-5,12,19H,6H2,1-2H3. The molecule has 0 aliphatic heterocycles. The maximum atomic E-state index is 10.4. The minimum atomic E-state index is -0.607. The van der Waals surface area contributed by atoms with Crippen LogP contribution in [0.25, 0.3) is 0 Å². The number of nitrogens with zero attached hydrogens (tertiary/aromatic N) is 2. The predicted molar refractivity (Wildman–Crippen MR) is 88.5 cm³/mol. The SMILES string of the molecule is Cc1nn(C)c(Cl)c1CC(O)c1cc(I)ccc1Br. The van der Waals surface area contributed by atoms with Gasteiger partial charge in [-0.3, -0.25) is 4.68 Å². The Morgan fingerprint density at radius 3 is 2.79 bits per heavy atom. The molecule has 0 aliphatic rings. The van der Waals surface area contributed by atoms with E-state index >= 15 is 0 Å². The van der Waals surface area contributed by atoms with Gasteiger partial charge in [0.25, 0.3) is 0 Å². The van der Waals surface area contributed by atoms with Gasteiger partial charge in [-0.2, -0.15) is 5.10 Å². The van der Waals surface area contributed by atoms with Gasteiger partial charge in [-0.1, -0.05) is 27.5 Å². The second-order valence-electron chi connectivity index (χ2n) is 4.36. The zero-order valence-corrected chi connectivity index (χ0v) is 15.0. The van der Waals surface area contributed by atoms with Gasteiger partial charge in [0, 0.05) is 27.1 Å². The van der Waals surface area contributed by atoms with E-state index in [9.17, 15) is 5.11 Å². The van der Waals surface area contributed by atoms with Crippen LogP contribution in [-0.4, -0.2) is 14.9 Å². The summed E-state index contributed by atoms with van der Waals surface area (Å²) in [6, 6.07) is 5.90. The quantitative estimate of drug-likeness (QED) is 0.710. The molecule has 0 amide bonds. The van der Waals surface area contributed by atoms with Crippen molar-refractivity contribution in [1.29, 1.82) is 0 Å². The maximum Gasteiger partial charge on any atom is 0.130 e. The molecule has 1 unspecified atom stereocenters. The topological polar surface area (TPSA) is 38.0 Å². The Hall–Kier alpha value is -0.110. The van der Waals surface area contributed by atoms with Gasteiger partial charge < -0.3 is 5.11 Å². The molecule has 19 heavy (non-hydrogen) atoms. The first-order chi connectivity index (χ1) is 8.90. The summed E-state index contributed by atoms with van der Waals surface area (Å²) in [5.74, 6) is 0. The molecule has 1 aromatic heterocycles. The molecule has 2 rings (SSSR count). The highest BCUT2D eigenvalue weighted by atomic mass is 127. The Bertz CT molecular complexity index is 615. The van der Waals surface area contributed by atoms with E-state index in [2.05, 4.69) is 43.6 Å². The van der Waals surface area contributed by atoms with Crippen molar-refractivity contribution in [2.75, 3.05) is 0 Å².